The van der Waals surface area contributed by atoms with E-state index in [1.165, 1.54) is 0 Å². The van der Waals surface area contributed by atoms with Gasteiger partial charge in [-0.2, -0.15) is 0 Å². The molecule has 0 bridgehead atoms. The lowest BCUT2D eigenvalue weighted by molar-refractivity contribution is 0.0746. The van der Waals surface area contributed by atoms with Crippen molar-refractivity contribution in [2.24, 2.45) is 0 Å². The summed E-state index contributed by atoms with van der Waals surface area (Å²) >= 11 is 12.0. The van der Waals surface area contributed by atoms with E-state index in [1.54, 1.807) is 11.1 Å². The van der Waals surface area contributed by atoms with Crippen LogP contribution in [0.5, 0.6) is 0 Å². The van der Waals surface area contributed by atoms with Crippen molar-refractivity contribution in [1.29, 1.82) is 0 Å². The van der Waals surface area contributed by atoms with Gasteiger partial charge in [-0.05, 0) is 36.4 Å². The van der Waals surface area contributed by atoms with E-state index in [-0.39, 0.29) is 10.6 Å². The Morgan fingerprint density at radius 1 is 0.964 bits per heavy atom. The fraction of sp³-hybridized carbons (Fsp3) is 0.200. The maximum Gasteiger partial charge on any atom is 0.255 e. The summed E-state index contributed by atoms with van der Waals surface area (Å²) in [6.07, 6.45) is 1.73. The molecule has 2 heterocycles. The number of pyridine rings is 1. The summed E-state index contributed by atoms with van der Waals surface area (Å²) < 4.78 is 26.8. The Morgan fingerprint density at radius 3 is 2.43 bits per heavy atom. The van der Waals surface area contributed by atoms with Crippen molar-refractivity contribution in [2.75, 3.05) is 31.1 Å². The average molecular weight is 422 g/mol. The Morgan fingerprint density at radius 2 is 1.68 bits per heavy atom. The number of carbonyl (C=O) groups excluding carboxylic acids is 1. The van der Waals surface area contributed by atoms with E-state index < -0.39 is 17.5 Å². The van der Waals surface area contributed by atoms with Crippen LogP contribution in [-0.2, 0) is 0 Å². The number of carbonyl (C=O) groups is 1. The van der Waals surface area contributed by atoms with Crippen LogP contribution in [0.15, 0.2) is 42.6 Å². The number of aromatic nitrogens is 1. The molecule has 2 aromatic carbocycles. The van der Waals surface area contributed by atoms with Gasteiger partial charge in [0, 0.05) is 48.5 Å². The van der Waals surface area contributed by atoms with Crippen LogP contribution in [0.3, 0.4) is 0 Å². The molecule has 0 aliphatic carbocycles. The number of hydrogen-bond acceptors (Lipinski definition) is 3. The number of piperazine rings is 1. The third-order valence-electron chi connectivity index (χ3n) is 4.83. The van der Waals surface area contributed by atoms with Gasteiger partial charge in [-0.3, -0.25) is 9.78 Å². The number of benzene rings is 2. The summed E-state index contributed by atoms with van der Waals surface area (Å²) in [5, 5.41) is 1.51. The van der Waals surface area contributed by atoms with Gasteiger partial charge in [0.15, 0.2) is 11.6 Å². The number of rotatable bonds is 2. The van der Waals surface area contributed by atoms with Crippen LogP contribution in [0.4, 0.5) is 14.5 Å². The van der Waals surface area contributed by atoms with Crippen molar-refractivity contribution in [3.05, 3.63) is 69.8 Å². The molecule has 28 heavy (non-hydrogen) atoms. The van der Waals surface area contributed by atoms with E-state index in [2.05, 4.69) is 9.88 Å². The standard InChI is InChI=1S/C20H15Cl2F2N3O/c21-12-1-2-13-18(9-12)25-4-3-19(13)26-5-7-27(8-6-26)20(28)14-10-16(23)17(24)11-15(14)22/h1-4,9-11H,5-8H2. The lowest BCUT2D eigenvalue weighted by atomic mass is 10.1. The van der Waals surface area contributed by atoms with E-state index in [9.17, 15) is 13.6 Å². The number of amides is 1. The molecule has 1 aromatic heterocycles. The zero-order valence-electron chi connectivity index (χ0n) is 14.6. The molecule has 144 valence electrons. The van der Waals surface area contributed by atoms with Crippen LogP contribution in [-0.4, -0.2) is 42.0 Å². The predicted octanol–water partition coefficient (Wildman–Crippen LogP) is 4.78. The predicted molar refractivity (Wildman–Crippen MR) is 106 cm³/mol. The van der Waals surface area contributed by atoms with Crippen LogP contribution in [0.1, 0.15) is 10.4 Å². The zero-order chi connectivity index (χ0) is 19.8. The van der Waals surface area contributed by atoms with Gasteiger partial charge in [0.25, 0.3) is 5.91 Å². The van der Waals surface area contributed by atoms with Gasteiger partial charge in [0.1, 0.15) is 0 Å². The minimum absolute atomic E-state index is 0.0296. The molecule has 0 N–H and O–H groups in total. The van der Waals surface area contributed by atoms with Crippen molar-refractivity contribution >= 4 is 45.7 Å². The molecular formula is C20H15Cl2F2N3O. The maximum atomic E-state index is 13.5. The Kier molecular flexibility index (Phi) is 5.08. The minimum atomic E-state index is -1.09. The molecule has 0 radical (unpaired) electrons. The van der Waals surface area contributed by atoms with E-state index in [0.29, 0.717) is 31.2 Å². The lowest BCUT2D eigenvalue weighted by Gasteiger charge is -2.36. The maximum absolute atomic E-state index is 13.5. The SMILES string of the molecule is O=C(c1cc(F)c(F)cc1Cl)N1CCN(c2ccnc3cc(Cl)ccc23)CC1. The van der Waals surface area contributed by atoms with Crippen molar-refractivity contribution in [3.8, 4) is 0 Å². The first-order chi connectivity index (χ1) is 13.4. The Hall–Kier alpha value is -2.44. The van der Waals surface area contributed by atoms with Crippen molar-refractivity contribution in [1.82, 2.24) is 9.88 Å². The number of hydrogen-bond donors (Lipinski definition) is 0. The Labute approximate surface area is 170 Å². The second kappa shape index (κ2) is 7.53. The summed E-state index contributed by atoms with van der Waals surface area (Å²) in [7, 11) is 0. The van der Waals surface area contributed by atoms with Gasteiger partial charge >= 0.3 is 0 Å². The van der Waals surface area contributed by atoms with Crippen LogP contribution in [0.25, 0.3) is 10.9 Å². The number of fused-ring (bicyclic) bond motifs is 1. The van der Waals surface area contributed by atoms with Gasteiger partial charge in [-0.15, -0.1) is 0 Å². The highest BCUT2D eigenvalue weighted by Crippen LogP contribution is 2.29. The lowest BCUT2D eigenvalue weighted by Crippen LogP contribution is -2.49. The molecule has 4 rings (SSSR count). The van der Waals surface area contributed by atoms with Crippen molar-refractivity contribution < 1.29 is 13.6 Å². The molecular weight excluding hydrogens is 407 g/mol. The van der Waals surface area contributed by atoms with Gasteiger partial charge < -0.3 is 9.80 Å². The highest BCUT2D eigenvalue weighted by Gasteiger charge is 2.25. The monoisotopic (exact) mass is 421 g/mol. The zero-order valence-corrected chi connectivity index (χ0v) is 16.1. The summed E-state index contributed by atoms with van der Waals surface area (Å²) in [5.41, 5.74) is 1.79. The summed E-state index contributed by atoms with van der Waals surface area (Å²) in [6.45, 7) is 2.06. The smallest absolute Gasteiger partial charge is 0.255 e. The molecule has 1 fully saturated rings. The largest absolute Gasteiger partial charge is 0.367 e. The average Bonchev–Trinajstić information content (AvgIpc) is 2.69. The molecule has 0 unspecified atom stereocenters. The van der Waals surface area contributed by atoms with Crippen LogP contribution in [0, 0.1) is 11.6 Å². The highest BCUT2D eigenvalue weighted by molar-refractivity contribution is 6.33. The molecule has 1 amide bonds. The molecule has 3 aromatic rings. The molecule has 0 saturated carbocycles. The number of nitrogens with zero attached hydrogens (tertiary/aromatic N) is 3. The first kappa shape index (κ1) is 18.9. The second-order valence-electron chi connectivity index (χ2n) is 6.52. The van der Waals surface area contributed by atoms with Crippen LogP contribution < -0.4 is 4.90 Å². The summed E-state index contributed by atoms with van der Waals surface area (Å²) in [4.78, 5) is 20.8. The summed E-state index contributed by atoms with van der Waals surface area (Å²) in [5.74, 6) is -2.57. The number of anilines is 1. The normalized spacial score (nSPS) is 14.6. The van der Waals surface area contributed by atoms with Gasteiger partial charge in [0.2, 0.25) is 0 Å². The van der Waals surface area contributed by atoms with E-state index in [0.717, 1.165) is 28.7 Å². The van der Waals surface area contributed by atoms with Crippen LogP contribution in [0.2, 0.25) is 10.0 Å². The molecule has 4 nitrogen and oxygen atoms in total. The van der Waals surface area contributed by atoms with Crippen LogP contribution >= 0.6 is 23.2 Å². The van der Waals surface area contributed by atoms with Gasteiger partial charge in [0.05, 0.1) is 16.1 Å². The molecule has 0 spiro atoms. The Bertz CT molecular complexity index is 1070. The second-order valence-corrected chi connectivity index (χ2v) is 7.36. The van der Waals surface area contributed by atoms with Gasteiger partial charge in [-0.1, -0.05) is 23.2 Å². The summed E-state index contributed by atoms with van der Waals surface area (Å²) in [6, 6.07) is 9.17. The van der Waals surface area contributed by atoms with Crippen molar-refractivity contribution in [3.63, 3.8) is 0 Å². The minimum Gasteiger partial charge on any atom is -0.367 e. The van der Waals surface area contributed by atoms with Crippen molar-refractivity contribution in [2.45, 2.75) is 0 Å². The molecule has 1 saturated heterocycles. The number of halogens is 4. The quantitative estimate of drug-likeness (QED) is 0.558. The Balaban J connectivity index is 1.53. The van der Waals surface area contributed by atoms with E-state index >= 15 is 0 Å². The first-order valence-corrected chi connectivity index (χ1v) is 9.42. The molecule has 0 atom stereocenters. The third kappa shape index (κ3) is 3.50. The van der Waals surface area contributed by atoms with E-state index in [4.69, 9.17) is 23.2 Å². The van der Waals surface area contributed by atoms with Gasteiger partial charge in [-0.25, -0.2) is 8.78 Å². The fourth-order valence-electron chi connectivity index (χ4n) is 3.39. The first-order valence-electron chi connectivity index (χ1n) is 8.67. The molecule has 1 aliphatic heterocycles. The third-order valence-corrected chi connectivity index (χ3v) is 5.38. The molecule has 1 aliphatic rings. The fourth-order valence-corrected chi connectivity index (χ4v) is 3.79. The topological polar surface area (TPSA) is 36.4 Å². The highest BCUT2D eigenvalue weighted by atomic mass is 35.5. The van der Waals surface area contributed by atoms with E-state index in [1.807, 2.05) is 24.3 Å². The molecule has 8 heteroatoms.